The van der Waals surface area contributed by atoms with Crippen molar-refractivity contribution in [3.05, 3.63) is 39.9 Å². The van der Waals surface area contributed by atoms with E-state index in [1.165, 1.54) is 32.9 Å². The molecule has 0 aromatic heterocycles. The minimum Gasteiger partial charge on any atom is -0.459 e. The molecular formula is C40H66N4O13. The number of ether oxygens (including phenoxy) is 4. The van der Waals surface area contributed by atoms with Gasteiger partial charge < -0.3 is 54.9 Å². The maximum atomic E-state index is 14.3. The molecule has 0 spiro atoms. The number of cyclic esters (lactones) is 1. The van der Waals surface area contributed by atoms with E-state index in [9.17, 15) is 44.9 Å². The Kier molecular flexibility index (Phi) is 17.5. The molecule has 0 aliphatic carbocycles. The molecular weight excluding hydrogens is 744 g/mol. The number of hydrogen-bond donors (Lipinski definition) is 6. The molecule has 3 rings (SSSR count). The van der Waals surface area contributed by atoms with Crippen LogP contribution in [-0.4, -0.2) is 148 Å². The van der Waals surface area contributed by atoms with Crippen LogP contribution in [0, 0.1) is 27.9 Å². The van der Waals surface area contributed by atoms with E-state index in [1.807, 2.05) is 25.9 Å². The van der Waals surface area contributed by atoms with E-state index in [1.54, 1.807) is 39.8 Å². The summed E-state index contributed by atoms with van der Waals surface area (Å²) in [5, 5.41) is 62.3. The van der Waals surface area contributed by atoms with E-state index in [0.717, 1.165) is 5.56 Å². The van der Waals surface area contributed by atoms with Crippen molar-refractivity contribution in [2.24, 2.45) is 17.8 Å². The molecule has 14 atom stereocenters. The van der Waals surface area contributed by atoms with Crippen LogP contribution in [0.4, 0.5) is 5.69 Å². The number of hydrogen-bond acceptors (Lipinski definition) is 15. The summed E-state index contributed by atoms with van der Waals surface area (Å²) in [4.78, 5) is 53.9. The Balaban J connectivity index is 1.98. The number of nitro benzene ring substituents is 1. The normalized spacial score (nSPS) is 36.8. The van der Waals surface area contributed by atoms with Gasteiger partial charge in [-0.25, -0.2) is 0 Å². The Morgan fingerprint density at radius 3 is 2.28 bits per heavy atom. The molecule has 0 bridgehead atoms. The van der Waals surface area contributed by atoms with E-state index >= 15 is 0 Å². The molecule has 1 aromatic rings. The van der Waals surface area contributed by atoms with Gasteiger partial charge in [-0.1, -0.05) is 32.9 Å². The van der Waals surface area contributed by atoms with Gasteiger partial charge in [0.1, 0.15) is 23.7 Å². The summed E-state index contributed by atoms with van der Waals surface area (Å²) < 4.78 is 24.9. The van der Waals surface area contributed by atoms with E-state index < -0.39 is 94.4 Å². The Labute approximate surface area is 335 Å². The quantitative estimate of drug-likeness (QED) is 0.0544. The van der Waals surface area contributed by atoms with Crippen molar-refractivity contribution in [1.29, 1.82) is 0 Å². The summed E-state index contributed by atoms with van der Waals surface area (Å²) in [5.74, 6) is -5.78. The molecule has 1 aromatic carbocycles. The number of Topliss-reactive ketones (excluding diaryl/α,β-unsaturated/α-hetero) is 1. The molecule has 2 aliphatic heterocycles. The van der Waals surface area contributed by atoms with Crippen LogP contribution in [0.25, 0.3) is 0 Å². The number of rotatable bonds is 13. The molecule has 1 amide bonds. The Bertz CT molecular complexity index is 1500. The van der Waals surface area contributed by atoms with Gasteiger partial charge >= 0.3 is 5.97 Å². The fourth-order valence-electron chi connectivity index (χ4n) is 7.87. The van der Waals surface area contributed by atoms with E-state index in [-0.39, 0.29) is 43.8 Å². The summed E-state index contributed by atoms with van der Waals surface area (Å²) in [5.41, 5.74) is -2.70. The zero-order valence-electron chi connectivity index (χ0n) is 35.0. The minimum absolute atomic E-state index is 0.00752. The predicted molar refractivity (Wildman–Crippen MR) is 209 cm³/mol. The van der Waals surface area contributed by atoms with Gasteiger partial charge in [-0.15, -0.1) is 0 Å². The number of nitrogens with zero attached hydrogens (tertiary/aromatic N) is 2. The van der Waals surface area contributed by atoms with Gasteiger partial charge in [0.15, 0.2) is 12.1 Å². The second-order valence-corrected chi connectivity index (χ2v) is 16.6. The number of benzene rings is 1. The van der Waals surface area contributed by atoms with Crippen molar-refractivity contribution in [2.45, 2.75) is 147 Å². The molecule has 57 heavy (non-hydrogen) atoms. The molecule has 2 saturated heterocycles. The van der Waals surface area contributed by atoms with E-state index in [4.69, 9.17) is 18.9 Å². The maximum absolute atomic E-state index is 14.3. The molecule has 2 aliphatic rings. The fraction of sp³-hybridized carbons (Fsp3) is 0.775. The number of non-ortho nitro benzene ring substituents is 1. The number of aliphatic hydroxyl groups excluding tert-OH is 3. The van der Waals surface area contributed by atoms with Crippen molar-refractivity contribution in [3.8, 4) is 0 Å². The van der Waals surface area contributed by atoms with Gasteiger partial charge in [0.05, 0.1) is 47.5 Å². The highest BCUT2D eigenvalue weighted by Gasteiger charge is 2.51. The molecule has 2 heterocycles. The number of carbonyl (C=O) groups excluding carboxylic acids is 3. The first-order chi connectivity index (χ1) is 26.5. The highest BCUT2D eigenvalue weighted by atomic mass is 16.7. The first kappa shape index (κ1) is 48.2. The molecule has 2 fully saturated rings. The Morgan fingerprint density at radius 2 is 1.70 bits per heavy atom. The molecule has 324 valence electrons. The predicted octanol–water partition coefficient (Wildman–Crippen LogP) is 1.49. The van der Waals surface area contributed by atoms with Gasteiger partial charge in [0, 0.05) is 36.7 Å². The van der Waals surface area contributed by atoms with Crippen LogP contribution < -0.4 is 10.6 Å². The van der Waals surface area contributed by atoms with Crippen molar-refractivity contribution in [3.63, 3.8) is 0 Å². The highest BCUT2D eigenvalue weighted by molar-refractivity contribution is 6.00. The first-order valence-electron chi connectivity index (χ1n) is 19.9. The highest BCUT2D eigenvalue weighted by Crippen LogP contribution is 2.36. The average molecular weight is 811 g/mol. The summed E-state index contributed by atoms with van der Waals surface area (Å²) in [6, 6.07) is 5.13. The van der Waals surface area contributed by atoms with Crippen LogP contribution in [-0.2, 0) is 39.8 Å². The monoisotopic (exact) mass is 810 g/mol. The number of nitrogens with one attached hydrogen (secondary N) is 2. The van der Waals surface area contributed by atoms with E-state index in [2.05, 4.69) is 10.6 Å². The summed E-state index contributed by atoms with van der Waals surface area (Å²) in [7, 11) is 3.65. The van der Waals surface area contributed by atoms with Crippen LogP contribution in [0.5, 0.6) is 0 Å². The van der Waals surface area contributed by atoms with E-state index in [0.29, 0.717) is 19.4 Å². The molecule has 6 N–H and O–H groups in total. The van der Waals surface area contributed by atoms with Crippen molar-refractivity contribution in [2.75, 3.05) is 33.8 Å². The number of carbonyl (C=O) groups is 3. The third kappa shape index (κ3) is 12.4. The second-order valence-electron chi connectivity index (χ2n) is 16.6. The lowest BCUT2D eigenvalue weighted by molar-refractivity contribution is -0.384. The Morgan fingerprint density at radius 1 is 1.07 bits per heavy atom. The molecule has 0 radical (unpaired) electrons. The van der Waals surface area contributed by atoms with Crippen LogP contribution >= 0.6 is 0 Å². The van der Waals surface area contributed by atoms with Crippen LogP contribution in [0.1, 0.15) is 80.2 Å². The van der Waals surface area contributed by atoms with Gasteiger partial charge in [-0.2, -0.15) is 0 Å². The summed E-state index contributed by atoms with van der Waals surface area (Å²) in [6.07, 6.45) is -6.84. The maximum Gasteiger partial charge on any atom is 0.316 e. The molecule has 0 saturated carbocycles. The standard InChI is InChI=1S/C40H66N4O13/c1-11-31-40(8,51)34(48)26(6)36(49)42-22(2)19-39(7,54-21-29(45)20-41-17-16-27-12-14-28(15-13-27)44(52)53)35(24(4)32(46)25(5)37(50)56-31)57-38-33(47)30(43(9)10)18-23(3)55-38/h12-15,22-26,29-31,33-35,38,41,45,47-48,51H,11,16-21H2,1-10H3,(H,42,49)/t22-,23-,24+,25-,26-,29?,30+,31-,33-,34-,35-,38+,39-,40-/m1/s1. The van der Waals surface area contributed by atoms with Crippen molar-refractivity contribution >= 4 is 23.3 Å². The SMILES string of the molecule is CC[C@H]1OC(=O)[C@H](C)C(=O)[C@H](C)[C@@H](O[C@@H]2O[C@H](C)C[C@H](N(C)C)[C@H]2O)[C@](C)(OCC(O)CNCCc2ccc([N+](=O)[O-])cc2)C[C@@H](C)NC(=O)[C@H](C)[C@@H](O)[C@]1(C)O. The second kappa shape index (κ2) is 20.7. The van der Waals surface area contributed by atoms with Gasteiger partial charge in [-0.05, 0) is 86.5 Å². The van der Waals surface area contributed by atoms with Crippen molar-refractivity contribution < 1.29 is 58.7 Å². The number of likely N-dealkylation sites (N-methyl/N-ethyl adjacent to an activating group) is 1. The van der Waals surface area contributed by atoms with Gasteiger partial charge in [-0.3, -0.25) is 24.5 Å². The largest absolute Gasteiger partial charge is 0.459 e. The van der Waals surface area contributed by atoms with Crippen LogP contribution in [0.3, 0.4) is 0 Å². The third-order valence-electron chi connectivity index (χ3n) is 11.4. The Hall–Kier alpha value is -3.13. The third-order valence-corrected chi connectivity index (χ3v) is 11.4. The van der Waals surface area contributed by atoms with Crippen molar-refractivity contribution in [1.82, 2.24) is 15.5 Å². The number of ketones is 1. The zero-order chi connectivity index (χ0) is 43.0. The molecule has 17 nitrogen and oxygen atoms in total. The van der Waals surface area contributed by atoms with Gasteiger partial charge in [0.2, 0.25) is 5.91 Å². The number of amides is 1. The summed E-state index contributed by atoms with van der Waals surface area (Å²) in [6.45, 7) is 12.8. The summed E-state index contributed by atoms with van der Waals surface area (Å²) >= 11 is 0. The van der Waals surface area contributed by atoms with Crippen LogP contribution in [0.15, 0.2) is 24.3 Å². The topological polar surface area (TPSA) is 239 Å². The smallest absolute Gasteiger partial charge is 0.316 e. The zero-order valence-corrected chi connectivity index (χ0v) is 35.0. The fourth-order valence-corrected chi connectivity index (χ4v) is 7.87. The van der Waals surface area contributed by atoms with Crippen LogP contribution in [0.2, 0.25) is 0 Å². The molecule has 1 unspecified atom stereocenters. The first-order valence-corrected chi connectivity index (χ1v) is 19.9. The molecule has 17 heteroatoms. The van der Waals surface area contributed by atoms with Gasteiger partial charge in [0.25, 0.3) is 5.69 Å². The lowest BCUT2D eigenvalue weighted by atomic mass is 9.79. The lowest BCUT2D eigenvalue weighted by Crippen LogP contribution is -2.60. The number of esters is 1. The average Bonchev–Trinajstić information content (AvgIpc) is 3.15. The number of nitro groups is 1. The minimum atomic E-state index is -2.05. The lowest BCUT2D eigenvalue weighted by Gasteiger charge is -2.47. The number of aliphatic hydroxyl groups is 4.